The number of carboxylic acids is 1. The number of aryl methyl sites for hydroxylation is 1. The van der Waals surface area contributed by atoms with Gasteiger partial charge in [-0.1, -0.05) is 17.7 Å². The third-order valence-corrected chi connectivity index (χ3v) is 3.28. The lowest BCUT2D eigenvalue weighted by Crippen LogP contribution is -2.48. The third-order valence-electron chi connectivity index (χ3n) is 3.05. The number of carbonyl (C=O) groups is 2. The summed E-state index contributed by atoms with van der Waals surface area (Å²) in [5.74, 6) is -0.934. The van der Waals surface area contributed by atoms with Crippen molar-refractivity contribution in [2.75, 3.05) is 11.9 Å². The van der Waals surface area contributed by atoms with Crippen molar-refractivity contribution in [3.05, 3.63) is 28.8 Å². The molecule has 0 saturated carbocycles. The Balaban J connectivity index is 2.90. The molecule has 2 N–H and O–H groups in total. The van der Waals surface area contributed by atoms with Crippen LogP contribution in [0.2, 0.25) is 5.02 Å². The average Bonchev–Trinajstić information content (AvgIpc) is 2.32. The van der Waals surface area contributed by atoms with E-state index in [1.165, 1.54) is 4.90 Å². The molecule has 0 heterocycles. The highest BCUT2D eigenvalue weighted by molar-refractivity contribution is 6.31. The number of carbonyl (C=O) groups excluding carboxylic acids is 1. The van der Waals surface area contributed by atoms with Crippen LogP contribution in [0.25, 0.3) is 0 Å². The second-order valence-corrected chi connectivity index (χ2v) is 6.29. The SMILES string of the molecule is Cc1ccc(Cl)cc1NC(=O)N(CCC(=O)O)C(C)(C)C. The molecule has 0 atom stereocenters. The number of nitrogens with zero attached hydrogens (tertiary/aromatic N) is 1. The number of carboxylic acid groups (broad SMARTS) is 1. The van der Waals surface area contributed by atoms with Gasteiger partial charge in [0.25, 0.3) is 0 Å². The van der Waals surface area contributed by atoms with Crippen molar-refractivity contribution in [3.63, 3.8) is 0 Å². The van der Waals surface area contributed by atoms with E-state index >= 15 is 0 Å². The van der Waals surface area contributed by atoms with Crippen LogP contribution in [0, 0.1) is 6.92 Å². The van der Waals surface area contributed by atoms with Crippen molar-refractivity contribution >= 4 is 29.3 Å². The van der Waals surface area contributed by atoms with Gasteiger partial charge in [-0.15, -0.1) is 0 Å². The third kappa shape index (κ3) is 5.27. The first-order chi connectivity index (χ1) is 9.61. The number of hydrogen-bond donors (Lipinski definition) is 2. The van der Waals surface area contributed by atoms with Gasteiger partial charge in [0.1, 0.15) is 0 Å². The molecule has 5 nitrogen and oxygen atoms in total. The lowest BCUT2D eigenvalue weighted by atomic mass is 10.1. The number of amides is 2. The van der Waals surface area contributed by atoms with Gasteiger partial charge in [0, 0.05) is 22.8 Å². The molecular weight excluding hydrogens is 292 g/mol. The van der Waals surface area contributed by atoms with Gasteiger partial charge in [-0.2, -0.15) is 0 Å². The summed E-state index contributed by atoms with van der Waals surface area (Å²) in [6, 6.07) is 4.90. The lowest BCUT2D eigenvalue weighted by Gasteiger charge is -2.35. The molecule has 1 rings (SSSR count). The maximum Gasteiger partial charge on any atom is 0.322 e. The Kier molecular flexibility index (Phi) is 5.61. The molecule has 0 aromatic heterocycles. The second kappa shape index (κ2) is 6.80. The zero-order chi connectivity index (χ0) is 16.2. The van der Waals surface area contributed by atoms with Crippen LogP contribution >= 0.6 is 11.6 Å². The molecule has 116 valence electrons. The first-order valence-electron chi connectivity index (χ1n) is 6.68. The number of halogens is 1. The average molecular weight is 313 g/mol. The summed E-state index contributed by atoms with van der Waals surface area (Å²) in [7, 11) is 0. The van der Waals surface area contributed by atoms with Crippen molar-refractivity contribution in [3.8, 4) is 0 Å². The zero-order valence-corrected chi connectivity index (χ0v) is 13.5. The van der Waals surface area contributed by atoms with E-state index in [0.717, 1.165) is 5.56 Å². The maximum absolute atomic E-state index is 12.4. The Morgan fingerprint density at radius 2 is 1.95 bits per heavy atom. The molecular formula is C15H21ClN2O3. The molecule has 6 heteroatoms. The molecule has 2 amide bonds. The summed E-state index contributed by atoms with van der Waals surface area (Å²) in [6.07, 6.45) is -0.0980. The predicted octanol–water partition coefficient (Wildman–Crippen LogP) is 3.76. The maximum atomic E-state index is 12.4. The minimum Gasteiger partial charge on any atom is -0.481 e. The number of anilines is 1. The fourth-order valence-corrected chi connectivity index (χ4v) is 2.03. The molecule has 21 heavy (non-hydrogen) atoms. The number of nitrogens with one attached hydrogen (secondary N) is 1. The molecule has 0 saturated heterocycles. The van der Waals surface area contributed by atoms with Crippen molar-refractivity contribution in [1.29, 1.82) is 0 Å². The Morgan fingerprint density at radius 3 is 2.48 bits per heavy atom. The van der Waals surface area contributed by atoms with E-state index in [-0.39, 0.29) is 19.0 Å². The van der Waals surface area contributed by atoms with Crippen LogP contribution in [0.5, 0.6) is 0 Å². The lowest BCUT2D eigenvalue weighted by molar-refractivity contribution is -0.137. The van der Waals surface area contributed by atoms with E-state index in [1.807, 2.05) is 33.8 Å². The summed E-state index contributed by atoms with van der Waals surface area (Å²) in [5, 5.41) is 12.1. The Hall–Kier alpha value is -1.75. The van der Waals surface area contributed by atoms with Gasteiger partial charge in [-0.3, -0.25) is 4.79 Å². The second-order valence-electron chi connectivity index (χ2n) is 5.86. The quantitative estimate of drug-likeness (QED) is 0.889. The number of hydrogen-bond acceptors (Lipinski definition) is 2. The minimum atomic E-state index is -0.934. The van der Waals surface area contributed by atoms with E-state index in [9.17, 15) is 9.59 Å². The van der Waals surface area contributed by atoms with Crippen molar-refractivity contribution in [2.24, 2.45) is 0 Å². The van der Waals surface area contributed by atoms with Gasteiger partial charge >= 0.3 is 12.0 Å². The highest BCUT2D eigenvalue weighted by Gasteiger charge is 2.27. The van der Waals surface area contributed by atoms with E-state index in [2.05, 4.69) is 5.32 Å². The molecule has 0 aliphatic carbocycles. The summed E-state index contributed by atoms with van der Waals surface area (Å²) in [6.45, 7) is 7.59. The van der Waals surface area contributed by atoms with Gasteiger partial charge in [-0.25, -0.2) is 4.79 Å². The summed E-state index contributed by atoms with van der Waals surface area (Å²) >= 11 is 5.93. The van der Waals surface area contributed by atoms with Crippen molar-refractivity contribution < 1.29 is 14.7 Å². The van der Waals surface area contributed by atoms with Gasteiger partial charge in [0.15, 0.2) is 0 Å². The van der Waals surface area contributed by atoms with E-state index < -0.39 is 11.5 Å². The highest BCUT2D eigenvalue weighted by Crippen LogP contribution is 2.22. The molecule has 1 aromatic carbocycles. The topological polar surface area (TPSA) is 69.6 Å². The number of benzene rings is 1. The van der Waals surface area contributed by atoms with E-state index in [4.69, 9.17) is 16.7 Å². The van der Waals surface area contributed by atoms with Crippen molar-refractivity contribution in [2.45, 2.75) is 39.7 Å². The van der Waals surface area contributed by atoms with Gasteiger partial charge in [-0.05, 0) is 45.4 Å². The Bertz CT molecular complexity index is 538. The standard InChI is InChI=1S/C15H21ClN2O3/c1-10-5-6-11(16)9-12(10)17-14(21)18(15(2,3)4)8-7-13(19)20/h5-6,9H,7-8H2,1-4H3,(H,17,21)(H,19,20). The molecule has 0 unspecified atom stereocenters. The number of rotatable bonds is 4. The molecule has 0 aliphatic rings. The molecule has 0 spiro atoms. The molecule has 0 bridgehead atoms. The van der Waals surface area contributed by atoms with Gasteiger partial charge in [0.05, 0.1) is 6.42 Å². The largest absolute Gasteiger partial charge is 0.481 e. The number of urea groups is 1. The van der Waals surface area contributed by atoms with Crippen LogP contribution < -0.4 is 5.32 Å². The summed E-state index contributed by atoms with van der Waals surface area (Å²) < 4.78 is 0. The van der Waals surface area contributed by atoms with Gasteiger partial charge in [0.2, 0.25) is 0 Å². The van der Waals surface area contributed by atoms with Crippen molar-refractivity contribution in [1.82, 2.24) is 4.90 Å². The molecule has 0 fully saturated rings. The van der Waals surface area contributed by atoms with Gasteiger partial charge < -0.3 is 15.3 Å². The minimum absolute atomic E-state index is 0.0980. The zero-order valence-electron chi connectivity index (χ0n) is 12.7. The predicted molar refractivity (Wildman–Crippen MR) is 83.9 cm³/mol. The van der Waals surface area contributed by atoms with E-state index in [1.54, 1.807) is 12.1 Å². The molecule has 1 aromatic rings. The fraction of sp³-hybridized carbons (Fsp3) is 0.467. The van der Waals surface area contributed by atoms with Crippen LogP contribution in [-0.2, 0) is 4.79 Å². The molecule has 0 radical (unpaired) electrons. The van der Waals surface area contributed by atoms with Crippen LogP contribution in [-0.4, -0.2) is 34.1 Å². The van der Waals surface area contributed by atoms with E-state index in [0.29, 0.717) is 10.7 Å². The highest BCUT2D eigenvalue weighted by atomic mass is 35.5. The Morgan fingerprint density at radius 1 is 1.33 bits per heavy atom. The first-order valence-corrected chi connectivity index (χ1v) is 7.05. The van der Waals surface area contributed by atoms with Crippen LogP contribution in [0.4, 0.5) is 10.5 Å². The normalized spacial score (nSPS) is 11.1. The number of aliphatic carboxylic acids is 1. The van der Waals surface area contributed by atoms with Crippen LogP contribution in [0.3, 0.4) is 0 Å². The summed E-state index contributed by atoms with van der Waals surface area (Å²) in [4.78, 5) is 24.7. The smallest absolute Gasteiger partial charge is 0.322 e. The Labute approximate surface area is 129 Å². The fourth-order valence-electron chi connectivity index (χ4n) is 1.86. The molecule has 0 aliphatic heterocycles. The van der Waals surface area contributed by atoms with Crippen LogP contribution in [0.1, 0.15) is 32.8 Å². The monoisotopic (exact) mass is 312 g/mol. The van der Waals surface area contributed by atoms with Crippen LogP contribution in [0.15, 0.2) is 18.2 Å². The first kappa shape index (κ1) is 17.3. The summed E-state index contributed by atoms with van der Waals surface area (Å²) in [5.41, 5.74) is 1.03.